The average Bonchev–Trinajstić information content (AvgIpc) is 3.34. The monoisotopic (exact) mass is 479 g/mol. The lowest BCUT2D eigenvalue weighted by Crippen LogP contribution is -2.34. The van der Waals surface area contributed by atoms with Crippen LogP contribution in [0.1, 0.15) is 32.8 Å². The van der Waals surface area contributed by atoms with Gasteiger partial charge in [-0.2, -0.15) is 5.10 Å². The van der Waals surface area contributed by atoms with Crippen LogP contribution in [-0.4, -0.2) is 36.7 Å². The summed E-state index contributed by atoms with van der Waals surface area (Å²) in [5.41, 5.74) is 3.73. The second kappa shape index (κ2) is 10.1. The third-order valence-corrected chi connectivity index (χ3v) is 7.54. The highest BCUT2D eigenvalue weighted by Gasteiger charge is 2.34. The number of benzene rings is 2. The Bertz CT molecular complexity index is 1150. The maximum Gasteiger partial charge on any atom is 0.266 e. The Morgan fingerprint density at radius 2 is 1.84 bits per heavy atom. The minimum Gasteiger partial charge on any atom is -0.290 e. The molecular formula is C25H25N3OS3. The molecule has 7 heteroatoms. The van der Waals surface area contributed by atoms with Gasteiger partial charge in [-0.05, 0) is 56.4 Å². The molecule has 0 radical (unpaired) electrons. The van der Waals surface area contributed by atoms with E-state index in [0.29, 0.717) is 9.23 Å². The lowest BCUT2D eigenvalue weighted by atomic mass is 10.1. The SMILES string of the molecule is CCCSc1ccc(-c2nn(-c3ccccc3)cc2C=C2SC(=S)N(C(C)C)C2=O)cc1. The standard InChI is InChI=1S/C25H25N3OS3/c1-4-14-31-21-12-10-18(11-13-21)23-19(16-27(26-23)20-8-6-5-7-9-20)15-22-24(29)28(17(2)3)25(30)32-22/h5-13,15-17H,4,14H2,1-3H3. The summed E-state index contributed by atoms with van der Waals surface area (Å²) in [4.78, 5) is 16.5. The Balaban J connectivity index is 1.75. The van der Waals surface area contributed by atoms with Gasteiger partial charge >= 0.3 is 0 Å². The molecule has 1 saturated heterocycles. The van der Waals surface area contributed by atoms with E-state index in [0.717, 1.165) is 34.7 Å². The van der Waals surface area contributed by atoms with Crippen molar-refractivity contribution in [2.75, 3.05) is 5.75 Å². The molecule has 4 nitrogen and oxygen atoms in total. The van der Waals surface area contributed by atoms with Crippen LogP contribution >= 0.6 is 35.7 Å². The third kappa shape index (κ3) is 4.85. The molecule has 1 aliphatic heterocycles. The van der Waals surface area contributed by atoms with Gasteiger partial charge in [-0.15, -0.1) is 11.8 Å². The highest BCUT2D eigenvalue weighted by atomic mass is 32.2. The molecule has 2 heterocycles. The highest BCUT2D eigenvalue weighted by Crippen LogP contribution is 2.36. The summed E-state index contributed by atoms with van der Waals surface area (Å²) in [6.45, 7) is 6.14. The van der Waals surface area contributed by atoms with Crippen molar-refractivity contribution in [2.24, 2.45) is 0 Å². The molecule has 1 aliphatic rings. The molecule has 4 rings (SSSR count). The second-order valence-corrected chi connectivity index (χ2v) is 10.6. The van der Waals surface area contributed by atoms with Gasteiger partial charge in [-0.25, -0.2) is 4.68 Å². The molecule has 2 aromatic carbocycles. The van der Waals surface area contributed by atoms with E-state index in [-0.39, 0.29) is 11.9 Å². The van der Waals surface area contributed by atoms with Gasteiger partial charge in [0.25, 0.3) is 5.91 Å². The predicted octanol–water partition coefficient (Wildman–Crippen LogP) is 6.65. The average molecular weight is 480 g/mol. The summed E-state index contributed by atoms with van der Waals surface area (Å²) in [5, 5.41) is 4.88. The van der Waals surface area contributed by atoms with Crippen LogP contribution in [0.25, 0.3) is 23.0 Å². The number of para-hydroxylation sites is 1. The first-order valence-electron chi connectivity index (χ1n) is 10.6. The number of carbonyl (C=O) groups is 1. The Morgan fingerprint density at radius 3 is 2.47 bits per heavy atom. The van der Waals surface area contributed by atoms with Gasteiger partial charge in [0.2, 0.25) is 0 Å². The molecular weight excluding hydrogens is 454 g/mol. The van der Waals surface area contributed by atoms with Gasteiger partial charge in [-0.1, -0.05) is 61.2 Å². The van der Waals surface area contributed by atoms with Crippen molar-refractivity contribution in [1.29, 1.82) is 0 Å². The highest BCUT2D eigenvalue weighted by molar-refractivity contribution is 8.26. The molecule has 32 heavy (non-hydrogen) atoms. The number of aromatic nitrogens is 2. The van der Waals surface area contributed by atoms with Crippen LogP contribution < -0.4 is 0 Å². The van der Waals surface area contributed by atoms with Crippen LogP contribution in [0.4, 0.5) is 0 Å². The van der Waals surface area contributed by atoms with Crippen LogP contribution in [0.15, 0.2) is 70.6 Å². The van der Waals surface area contributed by atoms with E-state index < -0.39 is 0 Å². The minimum absolute atomic E-state index is 0.0353. The first-order valence-corrected chi connectivity index (χ1v) is 12.8. The number of hydrogen-bond donors (Lipinski definition) is 0. The fraction of sp³-hybridized carbons (Fsp3) is 0.240. The van der Waals surface area contributed by atoms with Gasteiger partial charge in [0.15, 0.2) is 0 Å². The van der Waals surface area contributed by atoms with E-state index in [4.69, 9.17) is 17.3 Å². The van der Waals surface area contributed by atoms with Gasteiger partial charge in [0, 0.05) is 28.3 Å². The van der Waals surface area contributed by atoms with Crippen molar-refractivity contribution < 1.29 is 4.79 Å². The molecule has 0 atom stereocenters. The topological polar surface area (TPSA) is 38.1 Å². The van der Waals surface area contributed by atoms with Crippen molar-refractivity contribution in [3.63, 3.8) is 0 Å². The fourth-order valence-corrected chi connectivity index (χ4v) is 5.71. The summed E-state index contributed by atoms with van der Waals surface area (Å²) in [7, 11) is 0. The Labute approximate surface area is 203 Å². The molecule has 1 amide bonds. The van der Waals surface area contributed by atoms with E-state index in [1.807, 2.05) is 72.9 Å². The molecule has 0 spiro atoms. The zero-order chi connectivity index (χ0) is 22.7. The molecule has 0 N–H and O–H groups in total. The van der Waals surface area contributed by atoms with Gasteiger partial charge in [-0.3, -0.25) is 9.69 Å². The smallest absolute Gasteiger partial charge is 0.266 e. The van der Waals surface area contributed by atoms with Gasteiger partial charge in [0.1, 0.15) is 4.32 Å². The number of amides is 1. The van der Waals surface area contributed by atoms with Crippen LogP contribution in [-0.2, 0) is 4.79 Å². The first kappa shape index (κ1) is 22.8. The predicted molar refractivity (Wildman–Crippen MR) is 140 cm³/mol. The summed E-state index contributed by atoms with van der Waals surface area (Å²) >= 11 is 8.66. The van der Waals surface area contributed by atoms with Crippen LogP contribution in [0.2, 0.25) is 0 Å². The fourth-order valence-electron chi connectivity index (χ4n) is 3.43. The van der Waals surface area contributed by atoms with Crippen molar-refractivity contribution in [2.45, 2.75) is 38.1 Å². The summed E-state index contributed by atoms with van der Waals surface area (Å²) in [5.74, 6) is 1.06. The molecule has 1 fully saturated rings. The van der Waals surface area contributed by atoms with E-state index in [1.165, 1.54) is 16.7 Å². The molecule has 164 valence electrons. The summed E-state index contributed by atoms with van der Waals surface area (Å²) in [6.07, 6.45) is 5.04. The Hall–Kier alpha value is -2.35. The van der Waals surface area contributed by atoms with Crippen LogP contribution in [0, 0.1) is 0 Å². The zero-order valence-corrected chi connectivity index (χ0v) is 20.8. The summed E-state index contributed by atoms with van der Waals surface area (Å²) < 4.78 is 2.47. The normalized spacial score (nSPS) is 15.4. The number of carbonyl (C=O) groups excluding carboxylic acids is 1. The molecule has 0 bridgehead atoms. The number of thioether (sulfide) groups is 2. The molecule has 3 aromatic rings. The molecule has 1 aromatic heterocycles. The van der Waals surface area contributed by atoms with E-state index in [1.54, 1.807) is 4.90 Å². The second-order valence-electron chi connectivity index (χ2n) is 7.73. The van der Waals surface area contributed by atoms with Crippen LogP contribution in [0.3, 0.4) is 0 Å². The number of nitrogens with zero attached hydrogens (tertiary/aromatic N) is 3. The van der Waals surface area contributed by atoms with Crippen molar-refractivity contribution >= 4 is 52.0 Å². The van der Waals surface area contributed by atoms with Gasteiger partial charge in [0.05, 0.1) is 16.3 Å². The maximum atomic E-state index is 13.0. The Morgan fingerprint density at radius 1 is 1.12 bits per heavy atom. The van der Waals surface area contributed by atoms with E-state index >= 15 is 0 Å². The minimum atomic E-state index is -0.0419. The van der Waals surface area contributed by atoms with Gasteiger partial charge < -0.3 is 0 Å². The zero-order valence-electron chi connectivity index (χ0n) is 18.3. The lowest BCUT2D eigenvalue weighted by molar-refractivity contribution is -0.123. The van der Waals surface area contributed by atoms with E-state index in [9.17, 15) is 4.79 Å². The summed E-state index contributed by atoms with van der Waals surface area (Å²) in [6, 6.07) is 18.5. The molecule has 0 unspecified atom stereocenters. The number of hydrogen-bond acceptors (Lipinski definition) is 5. The maximum absolute atomic E-state index is 13.0. The lowest BCUT2D eigenvalue weighted by Gasteiger charge is -2.18. The largest absolute Gasteiger partial charge is 0.290 e. The van der Waals surface area contributed by atoms with Crippen molar-refractivity contribution in [3.05, 3.63) is 71.3 Å². The molecule has 0 aliphatic carbocycles. The molecule has 0 saturated carbocycles. The van der Waals surface area contributed by atoms with E-state index in [2.05, 4.69) is 31.2 Å². The first-order chi connectivity index (χ1) is 15.5. The van der Waals surface area contributed by atoms with Crippen molar-refractivity contribution in [3.8, 4) is 16.9 Å². The number of rotatable bonds is 7. The number of thiocarbonyl (C=S) groups is 1. The Kier molecular flexibility index (Phi) is 7.18. The third-order valence-electron chi connectivity index (χ3n) is 4.99. The van der Waals surface area contributed by atoms with Crippen molar-refractivity contribution in [1.82, 2.24) is 14.7 Å². The van der Waals surface area contributed by atoms with Crippen LogP contribution in [0.5, 0.6) is 0 Å². The quantitative estimate of drug-likeness (QED) is 0.215.